The predicted molar refractivity (Wildman–Crippen MR) is 105 cm³/mol. The van der Waals surface area contributed by atoms with Gasteiger partial charge in [-0.1, -0.05) is 42.0 Å². The zero-order chi connectivity index (χ0) is 18.2. The minimum absolute atomic E-state index is 0.314. The third-order valence-electron chi connectivity index (χ3n) is 4.38. The molecule has 0 atom stereocenters. The fraction of sp³-hybridized carbons (Fsp3) is 0.333. The van der Waals surface area contributed by atoms with Gasteiger partial charge in [0, 0.05) is 5.56 Å². The number of aryl methyl sites for hydroxylation is 1. The van der Waals surface area contributed by atoms with E-state index in [1.54, 1.807) is 0 Å². The Balaban J connectivity index is 2.19. The third kappa shape index (κ3) is 3.32. The average Bonchev–Trinajstić information content (AvgIpc) is 2.96. The van der Waals surface area contributed by atoms with Gasteiger partial charge in [-0.25, -0.2) is 14.6 Å². The van der Waals surface area contributed by atoms with E-state index in [1.165, 1.54) is 11.9 Å². The Morgan fingerprint density at radius 2 is 1.88 bits per heavy atom. The molecule has 0 radical (unpaired) electrons. The number of anilines is 1. The van der Waals surface area contributed by atoms with E-state index in [4.69, 9.17) is 28.8 Å². The van der Waals surface area contributed by atoms with Crippen molar-refractivity contribution >= 4 is 34.1 Å². The SMILES string of the molecule is Cc1ccc(-c2nn(C(C)(C)CCC(N)=S)c3ncnc(N)c23)cc1. The van der Waals surface area contributed by atoms with Crippen LogP contribution in [0.25, 0.3) is 22.3 Å². The van der Waals surface area contributed by atoms with Gasteiger partial charge in [0.15, 0.2) is 5.65 Å². The molecule has 0 amide bonds. The van der Waals surface area contributed by atoms with E-state index >= 15 is 0 Å². The summed E-state index contributed by atoms with van der Waals surface area (Å²) in [4.78, 5) is 9.10. The summed E-state index contributed by atoms with van der Waals surface area (Å²) in [6.45, 7) is 6.24. The molecule has 0 unspecified atom stereocenters. The number of hydrogen-bond acceptors (Lipinski definition) is 5. The second-order valence-corrected chi connectivity index (χ2v) is 7.39. The molecule has 7 heteroatoms. The monoisotopic (exact) mass is 354 g/mol. The molecule has 2 heterocycles. The minimum Gasteiger partial charge on any atom is -0.393 e. The van der Waals surface area contributed by atoms with E-state index in [-0.39, 0.29) is 5.54 Å². The Morgan fingerprint density at radius 3 is 2.52 bits per heavy atom. The van der Waals surface area contributed by atoms with Crippen molar-refractivity contribution < 1.29 is 0 Å². The van der Waals surface area contributed by atoms with E-state index in [9.17, 15) is 0 Å². The normalized spacial score (nSPS) is 11.8. The summed E-state index contributed by atoms with van der Waals surface area (Å²) in [6, 6.07) is 8.18. The lowest BCUT2D eigenvalue weighted by molar-refractivity contribution is 0.310. The van der Waals surface area contributed by atoms with Crippen molar-refractivity contribution in [1.82, 2.24) is 19.7 Å². The molecule has 2 aromatic heterocycles. The fourth-order valence-corrected chi connectivity index (χ4v) is 2.95. The smallest absolute Gasteiger partial charge is 0.164 e. The highest BCUT2D eigenvalue weighted by Gasteiger charge is 2.27. The van der Waals surface area contributed by atoms with Crippen LogP contribution in [0.2, 0.25) is 0 Å². The van der Waals surface area contributed by atoms with Crippen LogP contribution in [0.3, 0.4) is 0 Å². The molecule has 4 N–H and O–H groups in total. The summed E-state index contributed by atoms with van der Waals surface area (Å²) < 4.78 is 1.91. The lowest BCUT2D eigenvalue weighted by Crippen LogP contribution is -2.29. The summed E-state index contributed by atoms with van der Waals surface area (Å²) in [5.41, 5.74) is 15.2. The zero-order valence-electron chi connectivity index (χ0n) is 14.7. The molecular weight excluding hydrogens is 332 g/mol. The maximum atomic E-state index is 6.16. The second kappa shape index (κ2) is 6.40. The first-order valence-corrected chi connectivity index (χ1v) is 8.55. The Hall–Kier alpha value is -2.54. The first-order valence-electron chi connectivity index (χ1n) is 8.14. The van der Waals surface area contributed by atoms with Crippen molar-refractivity contribution in [2.24, 2.45) is 5.73 Å². The van der Waals surface area contributed by atoms with E-state index in [2.05, 4.69) is 42.9 Å². The maximum absolute atomic E-state index is 6.16. The van der Waals surface area contributed by atoms with E-state index in [0.29, 0.717) is 17.2 Å². The van der Waals surface area contributed by atoms with E-state index < -0.39 is 0 Å². The maximum Gasteiger partial charge on any atom is 0.164 e. The van der Waals surface area contributed by atoms with Crippen LogP contribution >= 0.6 is 12.2 Å². The molecule has 0 bridgehead atoms. The Morgan fingerprint density at radius 1 is 1.20 bits per heavy atom. The molecule has 3 aromatic rings. The Bertz CT molecular complexity index is 927. The van der Waals surface area contributed by atoms with Gasteiger partial charge in [0.1, 0.15) is 17.8 Å². The number of nitrogens with two attached hydrogens (primary N) is 2. The number of rotatable bonds is 5. The van der Waals surface area contributed by atoms with Crippen molar-refractivity contribution in [2.45, 2.75) is 39.2 Å². The molecule has 0 aliphatic rings. The number of nitrogens with zero attached hydrogens (tertiary/aromatic N) is 4. The van der Waals surface area contributed by atoms with Crippen molar-refractivity contribution in [1.29, 1.82) is 0 Å². The molecule has 0 spiro atoms. The first kappa shape index (κ1) is 17.3. The van der Waals surface area contributed by atoms with Crippen molar-refractivity contribution in [3.05, 3.63) is 36.2 Å². The zero-order valence-corrected chi connectivity index (χ0v) is 15.5. The lowest BCUT2D eigenvalue weighted by Gasteiger charge is -2.25. The summed E-state index contributed by atoms with van der Waals surface area (Å²) in [5.74, 6) is 0.428. The third-order valence-corrected chi connectivity index (χ3v) is 4.58. The summed E-state index contributed by atoms with van der Waals surface area (Å²) in [5, 5.41) is 5.62. The second-order valence-electron chi connectivity index (χ2n) is 6.86. The molecule has 1 aromatic carbocycles. The van der Waals surface area contributed by atoms with Gasteiger partial charge in [-0.3, -0.25) is 0 Å². The van der Waals surface area contributed by atoms with Crippen molar-refractivity contribution in [3.8, 4) is 11.3 Å². The number of hydrogen-bond donors (Lipinski definition) is 2. The molecule has 0 saturated carbocycles. The van der Waals surface area contributed by atoms with Crippen LogP contribution in [0.15, 0.2) is 30.6 Å². The summed E-state index contributed by atoms with van der Waals surface area (Å²) in [6.07, 6.45) is 2.87. The van der Waals surface area contributed by atoms with E-state index in [1.807, 2.05) is 16.8 Å². The highest BCUT2D eigenvalue weighted by molar-refractivity contribution is 7.80. The van der Waals surface area contributed by atoms with Crippen LogP contribution in [0.1, 0.15) is 32.3 Å². The van der Waals surface area contributed by atoms with Crippen LogP contribution < -0.4 is 11.5 Å². The van der Waals surface area contributed by atoms with E-state index in [0.717, 1.165) is 28.7 Å². The standard InChI is InChI=1S/C18H22N6S/c1-11-4-6-12(7-5-11)15-14-16(20)21-10-22-17(14)24(23-15)18(2,3)9-8-13(19)25/h4-7,10H,8-9H2,1-3H3,(H2,19,25)(H2,20,21,22). The lowest BCUT2D eigenvalue weighted by atomic mass is 9.98. The first-order chi connectivity index (χ1) is 11.8. The van der Waals surface area contributed by atoms with Gasteiger partial charge in [0.25, 0.3) is 0 Å². The van der Waals surface area contributed by atoms with Crippen LogP contribution in [-0.2, 0) is 5.54 Å². The minimum atomic E-state index is -0.314. The number of aromatic nitrogens is 4. The van der Waals surface area contributed by atoms with Gasteiger partial charge >= 0.3 is 0 Å². The predicted octanol–water partition coefficient (Wildman–Crippen LogP) is 3.19. The molecule has 0 saturated heterocycles. The van der Waals surface area contributed by atoms with Crippen LogP contribution in [0.4, 0.5) is 5.82 Å². The van der Waals surface area contributed by atoms with Gasteiger partial charge in [-0.15, -0.1) is 0 Å². The number of thiocarbonyl (C=S) groups is 1. The number of nitrogen functional groups attached to an aromatic ring is 1. The fourth-order valence-electron chi connectivity index (χ4n) is 2.85. The number of fused-ring (bicyclic) bond motifs is 1. The van der Waals surface area contributed by atoms with Crippen LogP contribution in [-0.4, -0.2) is 24.7 Å². The highest BCUT2D eigenvalue weighted by Crippen LogP contribution is 2.34. The summed E-state index contributed by atoms with van der Waals surface area (Å²) in [7, 11) is 0. The summed E-state index contributed by atoms with van der Waals surface area (Å²) >= 11 is 5.03. The molecule has 6 nitrogen and oxygen atoms in total. The van der Waals surface area contributed by atoms with Gasteiger partial charge < -0.3 is 11.5 Å². The Labute approximate surface area is 152 Å². The largest absolute Gasteiger partial charge is 0.393 e. The van der Waals surface area contributed by atoms with Crippen molar-refractivity contribution in [2.75, 3.05) is 5.73 Å². The van der Waals surface area contributed by atoms with Crippen LogP contribution in [0, 0.1) is 6.92 Å². The van der Waals surface area contributed by atoms with Gasteiger partial charge in [-0.2, -0.15) is 5.10 Å². The quantitative estimate of drug-likeness (QED) is 0.683. The van der Waals surface area contributed by atoms with Gasteiger partial charge in [0.05, 0.1) is 15.9 Å². The van der Waals surface area contributed by atoms with Crippen LogP contribution in [0.5, 0.6) is 0 Å². The topological polar surface area (TPSA) is 95.6 Å². The highest BCUT2D eigenvalue weighted by atomic mass is 32.1. The molecule has 0 aliphatic heterocycles. The average molecular weight is 354 g/mol. The molecule has 3 rings (SSSR count). The molecular formula is C18H22N6S. The Kier molecular flexibility index (Phi) is 4.43. The molecule has 25 heavy (non-hydrogen) atoms. The number of benzene rings is 1. The molecule has 130 valence electrons. The molecule has 0 fully saturated rings. The van der Waals surface area contributed by atoms with Gasteiger partial charge in [-0.05, 0) is 33.6 Å². The van der Waals surface area contributed by atoms with Gasteiger partial charge in [0.2, 0.25) is 0 Å². The van der Waals surface area contributed by atoms with Crippen molar-refractivity contribution in [3.63, 3.8) is 0 Å². The molecule has 0 aliphatic carbocycles.